The van der Waals surface area contributed by atoms with Gasteiger partial charge in [-0.2, -0.15) is 0 Å². The van der Waals surface area contributed by atoms with Gasteiger partial charge >= 0.3 is 12.1 Å². The molecule has 0 aromatic rings. The molecule has 2 N–H and O–H groups in total. The van der Waals surface area contributed by atoms with E-state index in [2.05, 4.69) is 5.32 Å². The SMILES string of the molecule is C[C@@H](C(=O)N[C@H](C(=O)O)C1CCOCC1)N(C)C(=O)OC(C)(C)C. The Morgan fingerprint density at radius 3 is 2.25 bits per heavy atom. The highest BCUT2D eigenvalue weighted by molar-refractivity contribution is 5.89. The number of carbonyl (C=O) groups excluding carboxylic acids is 2. The third-order valence-electron chi connectivity index (χ3n) is 3.94. The van der Waals surface area contributed by atoms with Crippen LogP contribution in [0.3, 0.4) is 0 Å². The summed E-state index contributed by atoms with van der Waals surface area (Å²) in [5, 5.41) is 11.9. The van der Waals surface area contributed by atoms with E-state index in [0.717, 1.165) is 4.90 Å². The molecule has 0 bridgehead atoms. The van der Waals surface area contributed by atoms with Gasteiger partial charge in [-0.15, -0.1) is 0 Å². The lowest BCUT2D eigenvalue weighted by molar-refractivity contribution is -0.145. The van der Waals surface area contributed by atoms with Crippen molar-refractivity contribution in [3.05, 3.63) is 0 Å². The molecule has 8 heteroatoms. The van der Waals surface area contributed by atoms with Crippen LogP contribution in [0.1, 0.15) is 40.5 Å². The van der Waals surface area contributed by atoms with Crippen LogP contribution in [0.5, 0.6) is 0 Å². The van der Waals surface area contributed by atoms with Gasteiger partial charge in [-0.25, -0.2) is 9.59 Å². The number of likely N-dealkylation sites (N-methyl/N-ethyl adjacent to an activating group) is 1. The Balaban J connectivity index is 2.68. The number of hydrogen-bond acceptors (Lipinski definition) is 5. The van der Waals surface area contributed by atoms with Crippen LogP contribution in [0, 0.1) is 5.92 Å². The zero-order valence-corrected chi connectivity index (χ0v) is 15.0. The number of hydrogen-bond donors (Lipinski definition) is 2. The minimum atomic E-state index is -1.08. The average Bonchev–Trinajstić information content (AvgIpc) is 2.49. The second-order valence-electron chi connectivity index (χ2n) is 7.04. The Hall–Kier alpha value is -1.83. The maximum absolute atomic E-state index is 12.4. The molecule has 1 aliphatic heterocycles. The van der Waals surface area contributed by atoms with E-state index in [4.69, 9.17) is 9.47 Å². The summed E-state index contributed by atoms with van der Waals surface area (Å²) in [7, 11) is 1.45. The number of amides is 2. The maximum atomic E-state index is 12.4. The summed E-state index contributed by atoms with van der Waals surface area (Å²) in [5.74, 6) is -1.79. The predicted octanol–water partition coefficient (Wildman–Crippen LogP) is 1.24. The number of nitrogens with one attached hydrogen (secondary N) is 1. The smallest absolute Gasteiger partial charge is 0.410 e. The lowest BCUT2D eigenvalue weighted by atomic mass is 9.91. The van der Waals surface area contributed by atoms with Gasteiger partial charge in [0.05, 0.1) is 0 Å². The summed E-state index contributed by atoms with van der Waals surface area (Å²) < 4.78 is 10.4. The van der Waals surface area contributed by atoms with Crippen LogP contribution in [0.4, 0.5) is 4.79 Å². The van der Waals surface area contributed by atoms with E-state index in [1.54, 1.807) is 20.8 Å². The van der Waals surface area contributed by atoms with E-state index >= 15 is 0 Å². The van der Waals surface area contributed by atoms with E-state index in [1.165, 1.54) is 14.0 Å². The van der Waals surface area contributed by atoms with Crippen LogP contribution < -0.4 is 5.32 Å². The molecule has 0 aromatic carbocycles. The summed E-state index contributed by atoms with van der Waals surface area (Å²) in [5.41, 5.74) is -0.673. The monoisotopic (exact) mass is 344 g/mol. The van der Waals surface area contributed by atoms with Crippen molar-refractivity contribution in [2.75, 3.05) is 20.3 Å². The zero-order chi connectivity index (χ0) is 18.5. The third kappa shape index (κ3) is 5.99. The first kappa shape index (κ1) is 20.2. The normalized spacial score (nSPS) is 18.4. The molecule has 0 radical (unpaired) electrons. The molecule has 24 heavy (non-hydrogen) atoms. The van der Waals surface area contributed by atoms with Gasteiger partial charge < -0.3 is 19.9 Å². The highest BCUT2D eigenvalue weighted by atomic mass is 16.6. The predicted molar refractivity (Wildman–Crippen MR) is 86.6 cm³/mol. The van der Waals surface area contributed by atoms with E-state index in [9.17, 15) is 19.5 Å². The van der Waals surface area contributed by atoms with Crippen LogP contribution in [0.15, 0.2) is 0 Å². The number of ether oxygens (including phenoxy) is 2. The van der Waals surface area contributed by atoms with Crippen molar-refractivity contribution in [2.24, 2.45) is 5.92 Å². The molecular weight excluding hydrogens is 316 g/mol. The van der Waals surface area contributed by atoms with Crippen LogP contribution in [0.2, 0.25) is 0 Å². The van der Waals surface area contributed by atoms with Gasteiger partial charge in [0.25, 0.3) is 0 Å². The van der Waals surface area contributed by atoms with Crippen molar-refractivity contribution in [3.8, 4) is 0 Å². The number of carbonyl (C=O) groups is 3. The van der Waals surface area contributed by atoms with Crippen molar-refractivity contribution in [1.82, 2.24) is 10.2 Å². The average molecular weight is 344 g/mol. The van der Waals surface area contributed by atoms with Crippen LogP contribution in [-0.4, -0.2) is 65.9 Å². The van der Waals surface area contributed by atoms with Crippen LogP contribution in [0.25, 0.3) is 0 Å². The molecule has 0 saturated carbocycles. The van der Waals surface area contributed by atoms with Gasteiger partial charge in [-0.3, -0.25) is 9.69 Å². The van der Waals surface area contributed by atoms with Gasteiger partial charge in [0, 0.05) is 20.3 Å². The Bertz CT molecular complexity index is 468. The highest BCUT2D eigenvalue weighted by Crippen LogP contribution is 2.19. The second-order valence-corrected chi connectivity index (χ2v) is 7.04. The van der Waals surface area contributed by atoms with Crippen molar-refractivity contribution in [3.63, 3.8) is 0 Å². The number of aliphatic carboxylic acids is 1. The topological polar surface area (TPSA) is 105 Å². The molecular formula is C16H28N2O6. The summed E-state index contributed by atoms with van der Waals surface area (Å²) in [6.45, 7) is 7.69. The first-order valence-electron chi connectivity index (χ1n) is 8.09. The summed E-state index contributed by atoms with van der Waals surface area (Å²) in [6, 6.07) is -1.84. The Morgan fingerprint density at radius 2 is 1.79 bits per heavy atom. The van der Waals surface area contributed by atoms with Gasteiger partial charge in [0.15, 0.2) is 0 Å². The van der Waals surface area contributed by atoms with Crippen molar-refractivity contribution >= 4 is 18.0 Å². The molecule has 2 atom stereocenters. The maximum Gasteiger partial charge on any atom is 0.410 e. The molecule has 1 heterocycles. The van der Waals surface area contributed by atoms with Crippen LogP contribution >= 0.6 is 0 Å². The standard InChI is InChI=1S/C16H28N2O6/c1-10(18(5)15(22)24-16(2,3)4)13(19)17-12(14(20)21)11-6-8-23-9-7-11/h10-12H,6-9H2,1-5H3,(H,17,19)(H,20,21)/t10-,12-/m0/s1. The quantitative estimate of drug-likeness (QED) is 0.777. The summed E-state index contributed by atoms with van der Waals surface area (Å²) in [6.07, 6.45) is 0.518. The van der Waals surface area contributed by atoms with Crippen molar-refractivity contribution in [2.45, 2.75) is 58.2 Å². The Kier molecular flexibility index (Phi) is 7.01. The van der Waals surface area contributed by atoms with Gasteiger partial charge in [0.1, 0.15) is 17.7 Å². The number of carboxylic acids is 1. The lowest BCUT2D eigenvalue weighted by Crippen LogP contribution is -2.54. The largest absolute Gasteiger partial charge is 0.480 e. The molecule has 2 amide bonds. The fraction of sp³-hybridized carbons (Fsp3) is 0.812. The number of rotatable bonds is 5. The fourth-order valence-electron chi connectivity index (χ4n) is 2.37. The van der Waals surface area contributed by atoms with E-state index in [0.29, 0.717) is 26.1 Å². The summed E-state index contributed by atoms with van der Waals surface area (Å²) in [4.78, 5) is 37.0. The molecule has 1 aliphatic rings. The second kappa shape index (κ2) is 8.32. The van der Waals surface area contributed by atoms with Crippen molar-refractivity contribution in [1.29, 1.82) is 0 Å². The molecule has 1 fully saturated rings. The summed E-state index contributed by atoms with van der Waals surface area (Å²) >= 11 is 0. The van der Waals surface area contributed by atoms with Gasteiger partial charge in [-0.1, -0.05) is 0 Å². The zero-order valence-electron chi connectivity index (χ0n) is 15.0. The molecule has 0 aliphatic carbocycles. The van der Waals surface area contributed by atoms with Gasteiger partial charge in [-0.05, 0) is 46.5 Å². The van der Waals surface area contributed by atoms with Crippen molar-refractivity contribution < 1.29 is 29.0 Å². The third-order valence-corrected chi connectivity index (χ3v) is 3.94. The minimum Gasteiger partial charge on any atom is -0.480 e. The fourth-order valence-corrected chi connectivity index (χ4v) is 2.37. The first-order valence-corrected chi connectivity index (χ1v) is 8.09. The van der Waals surface area contributed by atoms with E-state index in [-0.39, 0.29) is 5.92 Å². The molecule has 138 valence electrons. The van der Waals surface area contributed by atoms with Crippen LogP contribution in [-0.2, 0) is 19.1 Å². The highest BCUT2D eigenvalue weighted by Gasteiger charge is 2.34. The minimum absolute atomic E-state index is 0.181. The molecule has 8 nitrogen and oxygen atoms in total. The molecule has 1 rings (SSSR count). The molecule has 0 aromatic heterocycles. The first-order chi connectivity index (χ1) is 11.0. The van der Waals surface area contributed by atoms with E-state index < -0.39 is 35.7 Å². The molecule has 0 unspecified atom stereocenters. The van der Waals surface area contributed by atoms with Gasteiger partial charge in [0.2, 0.25) is 5.91 Å². The number of nitrogens with zero attached hydrogens (tertiary/aromatic N) is 1. The van der Waals surface area contributed by atoms with E-state index in [1.807, 2.05) is 0 Å². The lowest BCUT2D eigenvalue weighted by Gasteiger charge is -2.31. The Labute approximate surface area is 142 Å². The Morgan fingerprint density at radius 1 is 1.25 bits per heavy atom. The molecule has 0 spiro atoms. The number of carboxylic acid groups (broad SMARTS) is 1. The molecule has 1 saturated heterocycles.